The quantitative estimate of drug-likeness (QED) is 0.102. The third-order valence-corrected chi connectivity index (χ3v) is 15.9. The van der Waals surface area contributed by atoms with Crippen LogP contribution in [0.5, 0.6) is 0 Å². The van der Waals surface area contributed by atoms with E-state index in [4.69, 9.17) is 0 Å². The molecule has 0 aromatic heterocycles. The van der Waals surface area contributed by atoms with Gasteiger partial charge in [0.1, 0.15) is 66.3 Å². The number of nitrogens with zero attached hydrogens (tertiary/aromatic N) is 7. The second-order valence-corrected chi connectivity index (χ2v) is 26.3. The van der Waals surface area contributed by atoms with E-state index in [1.165, 1.54) is 96.6 Å². The number of carbonyl (C=O) groups excluding carboxylic acids is 11. The summed E-state index contributed by atoms with van der Waals surface area (Å²) in [5.41, 5.74) is -1.56. The van der Waals surface area contributed by atoms with Crippen molar-refractivity contribution in [2.24, 2.45) is 35.5 Å². The number of rotatable bonds is 15. The molecule has 0 spiro atoms. The van der Waals surface area contributed by atoms with Crippen molar-refractivity contribution in [3.05, 3.63) is 26.1 Å². The average molecular weight is 1420 g/mol. The second kappa shape index (κ2) is 37.5. The Bertz CT molecular complexity index is 2380. The number of aliphatic hydroxyl groups is 2. The summed E-state index contributed by atoms with van der Waals surface area (Å²) in [5.74, 6) is -10.5. The molecule has 0 unspecified atom stereocenters. The Hall–Kier alpha value is -5.61. The van der Waals surface area contributed by atoms with E-state index < -0.39 is 155 Å². The fourth-order valence-electron chi connectivity index (χ4n) is 10.6. The zero-order chi connectivity index (χ0) is 66.9. The van der Waals surface area contributed by atoms with Crippen molar-refractivity contribution >= 4 is 65.0 Å². The standard InChI is InChI=1S/C62H110N11O13.CH3.W/c1-25-27-28-39(13)51(75)50-55(79)65-42(26-2)57(81)67(18)33-47(74)68(19)46(32-62(16,17)86)54(78)66-48(37(9)10)60(84)69(20)43(29-34(3)4)53(77)63-40(14)52(76)64-41(15)56(80)70(21)44(30-35(5)6)58(82)71(22)45(31-36(7)8)59(83)72(23)49(38(11)12)61(85)73(50)24;;/h25,27,33-46,48-51,75,86H,26,28-32H2,1-24H3,(H,63,77)(H,64,76)(H,65,79)(H,66,78);1H3;/q2*-1;+2/b27-25+;;/t39-,40+,41-,42+,43+,44+,45+,46+,48+,49+,50+,51-;;/m1../s1. The second-order valence-electron chi connectivity index (χ2n) is 26.3. The van der Waals surface area contributed by atoms with Gasteiger partial charge in [-0.05, 0) is 109 Å². The third kappa shape index (κ3) is 24.0. The molecule has 1 aliphatic heterocycles. The minimum absolute atomic E-state index is 0. The van der Waals surface area contributed by atoms with Crippen LogP contribution in [0.4, 0.5) is 0 Å². The first kappa shape index (κ1) is 84.5. The molecule has 0 aromatic rings. The van der Waals surface area contributed by atoms with Crippen molar-refractivity contribution in [1.82, 2.24) is 55.6 Å². The molecule has 1 heterocycles. The molecule has 0 bridgehead atoms. The Morgan fingerprint density at radius 2 is 0.955 bits per heavy atom. The van der Waals surface area contributed by atoms with Crippen LogP contribution in [0.2, 0.25) is 0 Å². The summed E-state index contributed by atoms with van der Waals surface area (Å²) in [6, 6.07) is -13.0. The predicted molar refractivity (Wildman–Crippen MR) is 336 cm³/mol. The molecule has 25 heteroatoms. The topological polar surface area (TPSA) is 299 Å². The number of hydrogen-bond donors (Lipinski definition) is 6. The van der Waals surface area contributed by atoms with Gasteiger partial charge in [-0.25, -0.2) is 6.54 Å². The molecule has 1 saturated heterocycles. The minimum Gasteiger partial charge on any atom is -0.469 e. The van der Waals surface area contributed by atoms with Crippen LogP contribution in [0.15, 0.2) is 12.2 Å². The molecule has 6 N–H and O–H groups in total. The van der Waals surface area contributed by atoms with E-state index in [1.807, 2.05) is 41.5 Å². The molecule has 0 radical (unpaired) electrons. The van der Waals surface area contributed by atoms with Crippen molar-refractivity contribution in [1.29, 1.82) is 0 Å². The van der Waals surface area contributed by atoms with Gasteiger partial charge in [-0.3, -0.25) is 47.9 Å². The summed E-state index contributed by atoms with van der Waals surface area (Å²) < 4.78 is 0. The summed E-state index contributed by atoms with van der Waals surface area (Å²) >= 11 is 0. The van der Waals surface area contributed by atoms with Gasteiger partial charge < -0.3 is 78.0 Å². The first-order valence-electron chi connectivity index (χ1n) is 30.5. The smallest absolute Gasteiger partial charge is 0.469 e. The van der Waals surface area contributed by atoms with Gasteiger partial charge in [0.2, 0.25) is 59.1 Å². The summed E-state index contributed by atoms with van der Waals surface area (Å²) in [5, 5.41) is 33.9. The number of aliphatic hydroxyl groups excluding tert-OH is 1. The molecular formula is C63H113N11O13W. The van der Waals surface area contributed by atoms with Crippen molar-refractivity contribution in [3.63, 3.8) is 0 Å². The fraction of sp³-hybridized carbons (Fsp3) is 0.762. The normalized spacial score (nSPS) is 26.2. The number of carbonyl (C=O) groups is 11. The summed E-state index contributed by atoms with van der Waals surface area (Å²) in [4.78, 5) is 168. The number of nitrogens with one attached hydrogen (secondary N) is 4. The zero-order valence-corrected chi connectivity index (χ0v) is 60.6. The maximum absolute atomic E-state index is 15.1. The van der Waals surface area contributed by atoms with E-state index in [0.717, 1.165) is 21.2 Å². The van der Waals surface area contributed by atoms with Gasteiger partial charge in [0, 0.05) is 48.7 Å². The molecule has 1 aliphatic rings. The number of amides is 11. The predicted octanol–water partition coefficient (Wildman–Crippen LogP) is 2.99. The Morgan fingerprint density at radius 1 is 0.523 bits per heavy atom. The van der Waals surface area contributed by atoms with E-state index in [-0.39, 0.29) is 84.8 Å². The molecule has 1 rings (SSSR count). The Labute approximate surface area is 541 Å². The van der Waals surface area contributed by atoms with Gasteiger partial charge in [0.15, 0.2) is 0 Å². The first-order chi connectivity index (χ1) is 39.5. The monoisotopic (exact) mass is 1420 g/mol. The molecule has 1 fully saturated rings. The molecule has 0 aromatic carbocycles. The summed E-state index contributed by atoms with van der Waals surface area (Å²) in [6.07, 6.45) is 2.33. The number of likely N-dealkylation sites (N-methyl/N-ethyl adjacent to an activating group) is 7. The zero-order valence-electron chi connectivity index (χ0n) is 57.7. The first-order valence-corrected chi connectivity index (χ1v) is 30.5. The van der Waals surface area contributed by atoms with Crippen LogP contribution in [0, 0.1) is 49.5 Å². The molecule has 88 heavy (non-hydrogen) atoms. The van der Waals surface area contributed by atoms with Gasteiger partial charge in [0.05, 0.1) is 11.7 Å². The maximum atomic E-state index is 15.1. The molecule has 12 atom stereocenters. The molecule has 24 nitrogen and oxygen atoms in total. The van der Waals surface area contributed by atoms with Crippen LogP contribution in [-0.2, 0) is 73.8 Å². The van der Waals surface area contributed by atoms with Gasteiger partial charge in [0.25, 0.3) is 0 Å². The van der Waals surface area contributed by atoms with Crippen molar-refractivity contribution < 1.29 is 84.0 Å². The van der Waals surface area contributed by atoms with Crippen LogP contribution >= 0.6 is 0 Å². The molecule has 504 valence electrons. The van der Waals surface area contributed by atoms with E-state index >= 15 is 9.59 Å². The van der Waals surface area contributed by atoms with E-state index in [1.54, 1.807) is 60.6 Å². The SMILES string of the molecule is C/C=C/C[C@@H](C)[C@@H](O)[C@H]1C(=O)N[C@@H](CC)C(=O)N(C)[CH-]C(=O)N(C)[C@@H](CC(C)(C)O)C(=O)N[C@@H](C(C)C)C(=O)N(C)[C@@H](CC(C)C)C(=O)N[C@@H](C)C(=O)N[C@H](C)C(=O)N(C)[C@@H](CC(C)C)C(=O)N(C)[C@@H](CC(C)C)C(=O)N(C)[C@@H](C(C)C)C(=O)N1C.[CH3-].[W+2]. The molecule has 11 amide bonds. The van der Waals surface area contributed by atoms with Crippen LogP contribution in [0.1, 0.15) is 156 Å². The third-order valence-electron chi connectivity index (χ3n) is 15.9. The molecular weight excluding hydrogens is 1300 g/mol. The van der Waals surface area contributed by atoms with Crippen LogP contribution in [0.3, 0.4) is 0 Å². The van der Waals surface area contributed by atoms with Gasteiger partial charge >= 0.3 is 21.1 Å². The van der Waals surface area contributed by atoms with Crippen molar-refractivity contribution in [2.45, 2.75) is 228 Å². The average Bonchev–Trinajstić information content (AvgIpc) is 1.22. The Morgan fingerprint density at radius 3 is 1.40 bits per heavy atom. The largest absolute Gasteiger partial charge is 2.00 e. The fourth-order valence-corrected chi connectivity index (χ4v) is 10.6. The van der Waals surface area contributed by atoms with E-state index in [9.17, 15) is 53.4 Å². The van der Waals surface area contributed by atoms with Gasteiger partial charge in [-0.1, -0.05) is 95.2 Å². The van der Waals surface area contributed by atoms with Crippen LogP contribution in [-0.4, -0.2) is 231 Å². The van der Waals surface area contributed by atoms with E-state index in [0.29, 0.717) is 0 Å². The number of allylic oxidation sites excluding steroid dienone is 2. The minimum atomic E-state index is -1.65. The van der Waals surface area contributed by atoms with Gasteiger partial charge in [-0.2, -0.15) is 0 Å². The summed E-state index contributed by atoms with van der Waals surface area (Å²) in [6.45, 7) is 29.6. The van der Waals surface area contributed by atoms with Crippen LogP contribution < -0.4 is 21.3 Å². The van der Waals surface area contributed by atoms with Crippen LogP contribution in [0.25, 0.3) is 0 Å². The van der Waals surface area contributed by atoms with Gasteiger partial charge in [-0.15, -0.1) is 0 Å². The summed E-state index contributed by atoms with van der Waals surface area (Å²) in [7, 11) is 9.57. The Kier molecular flexibility index (Phi) is 36.0. The van der Waals surface area contributed by atoms with Crippen molar-refractivity contribution in [2.75, 3.05) is 49.3 Å². The molecule has 0 saturated carbocycles. The molecule has 0 aliphatic carbocycles. The number of hydrogen-bond acceptors (Lipinski definition) is 13. The van der Waals surface area contributed by atoms with Crippen molar-refractivity contribution in [3.8, 4) is 0 Å². The maximum Gasteiger partial charge on any atom is 2.00 e. The van der Waals surface area contributed by atoms with E-state index in [2.05, 4.69) is 21.3 Å². The Balaban J connectivity index is 0.